The highest BCUT2D eigenvalue weighted by molar-refractivity contribution is 5.20. The highest BCUT2D eigenvalue weighted by Gasteiger charge is 2.12. The summed E-state index contributed by atoms with van der Waals surface area (Å²) in [6.07, 6.45) is 0. The molecule has 0 heterocycles. The second kappa shape index (κ2) is 3.34. The number of hydrogen-bond donors (Lipinski definition) is 0. The quantitative estimate of drug-likeness (QED) is 0.501. The number of rotatable bonds is 2. The Hall–Kier alpha value is -1.39. The third kappa shape index (κ3) is 1.44. The zero-order valence-electron chi connectivity index (χ0n) is 5.85. The molecule has 0 aliphatic heterocycles. The number of hydrogen-bond acceptors (Lipinski definition) is 2. The average molecular weight is 175 g/mol. The van der Waals surface area contributed by atoms with Crippen LogP contribution >= 0.6 is 0 Å². The van der Waals surface area contributed by atoms with E-state index < -0.39 is 24.0 Å². The van der Waals surface area contributed by atoms with Gasteiger partial charge in [0.15, 0.2) is 17.5 Å². The normalized spacial score (nSPS) is 9.92. The summed E-state index contributed by atoms with van der Waals surface area (Å²) in [6.45, 7) is -0.497. The van der Waals surface area contributed by atoms with Crippen molar-refractivity contribution >= 4 is 0 Å². The van der Waals surface area contributed by atoms with Crippen molar-refractivity contribution in [2.45, 2.75) is 6.54 Å². The molecule has 0 atom stereocenters. The Bertz CT molecular complexity index is 314. The first kappa shape index (κ1) is 8.70. The van der Waals surface area contributed by atoms with E-state index in [9.17, 15) is 18.1 Å². The van der Waals surface area contributed by atoms with Gasteiger partial charge in [0.2, 0.25) is 0 Å². The van der Waals surface area contributed by atoms with Crippen molar-refractivity contribution in [3.63, 3.8) is 0 Å². The molecule has 0 spiro atoms. The first-order valence-electron chi connectivity index (χ1n) is 3.08. The summed E-state index contributed by atoms with van der Waals surface area (Å²) in [5, 5.41) is 2.36. The van der Waals surface area contributed by atoms with Gasteiger partial charge in [-0.3, -0.25) is 0 Å². The van der Waals surface area contributed by atoms with Crippen molar-refractivity contribution in [2.75, 3.05) is 0 Å². The Balaban J connectivity index is 3.16. The fraction of sp³-hybridized carbons (Fsp3) is 0.143. The van der Waals surface area contributed by atoms with E-state index in [1.54, 1.807) is 0 Å². The molecule has 0 unspecified atom stereocenters. The molecule has 0 saturated heterocycles. The van der Waals surface area contributed by atoms with Crippen LogP contribution in [-0.4, -0.2) is 0 Å². The van der Waals surface area contributed by atoms with Crippen molar-refractivity contribution in [3.05, 3.63) is 40.1 Å². The summed E-state index contributed by atoms with van der Waals surface area (Å²) >= 11 is 0. The van der Waals surface area contributed by atoms with Gasteiger partial charge in [0.05, 0.1) is 0 Å². The molecule has 2 nitrogen and oxygen atoms in total. The van der Waals surface area contributed by atoms with Gasteiger partial charge in [0, 0.05) is 5.56 Å². The molecule has 0 aliphatic carbocycles. The van der Waals surface area contributed by atoms with Crippen molar-refractivity contribution in [1.29, 1.82) is 0 Å². The molecule has 64 valence electrons. The van der Waals surface area contributed by atoms with Gasteiger partial charge in [-0.05, 0) is 6.07 Å². The monoisotopic (exact) mass is 175 g/mol. The third-order valence-corrected chi connectivity index (χ3v) is 1.35. The van der Waals surface area contributed by atoms with Crippen LogP contribution in [0.25, 0.3) is 0 Å². The summed E-state index contributed by atoms with van der Waals surface area (Å²) < 4.78 is 37.3. The Labute approximate surface area is 66.0 Å². The van der Waals surface area contributed by atoms with Gasteiger partial charge in [-0.2, -0.15) is 4.91 Å². The SMILES string of the molecule is O=NCc1ccc(F)c(F)c1F. The fourth-order valence-corrected chi connectivity index (χ4v) is 0.758. The van der Waals surface area contributed by atoms with Crippen molar-refractivity contribution in [2.24, 2.45) is 5.18 Å². The summed E-state index contributed by atoms with van der Waals surface area (Å²) in [6, 6.07) is 1.73. The fourth-order valence-electron chi connectivity index (χ4n) is 0.758. The lowest BCUT2D eigenvalue weighted by atomic mass is 10.2. The maximum atomic E-state index is 12.6. The van der Waals surface area contributed by atoms with Crippen LogP contribution in [0.2, 0.25) is 0 Å². The summed E-state index contributed by atoms with van der Waals surface area (Å²) in [7, 11) is 0. The van der Waals surface area contributed by atoms with Crippen LogP contribution in [0.1, 0.15) is 5.56 Å². The van der Waals surface area contributed by atoms with Crippen LogP contribution in [0.15, 0.2) is 17.3 Å². The number of nitroso groups, excluding NO2 is 1. The van der Waals surface area contributed by atoms with Gasteiger partial charge >= 0.3 is 0 Å². The Morgan fingerprint density at radius 2 is 1.83 bits per heavy atom. The number of benzene rings is 1. The summed E-state index contributed by atoms with van der Waals surface area (Å²) in [5.41, 5.74) is -0.246. The maximum Gasteiger partial charge on any atom is 0.194 e. The molecule has 12 heavy (non-hydrogen) atoms. The van der Waals surface area contributed by atoms with Gasteiger partial charge in [-0.15, -0.1) is 0 Å². The van der Waals surface area contributed by atoms with E-state index in [2.05, 4.69) is 5.18 Å². The molecule has 0 aromatic heterocycles. The molecule has 0 aliphatic rings. The van der Waals surface area contributed by atoms with Crippen LogP contribution in [0.4, 0.5) is 13.2 Å². The van der Waals surface area contributed by atoms with Gasteiger partial charge in [0.25, 0.3) is 0 Å². The lowest BCUT2D eigenvalue weighted by Gasteiger charge is -1.98. The molecule has 0 N–H and O–H groups in total. The first-order chi connectivity index (χ1) is 5.66. The van der Waals surface area contributed by atoms with Crippen LogP contribution in [0, 0.1) is 22.4 Å². The van der Waals surface area contributed by atoms with Crippen molar-refractivity contribution < 1.29 is 13.2 Å². The van der Waals surface area contributed by atoms with Crippen LogP contribution in [0.3, 0.4) is 0 Å². The van der Waals surface area contributed by atoms with Crippen molar-refractivity contribution in [3.8, 4) is 0 Å². The maximum absolute atomic E-state index is 12.6. The largest absolute Gasteiger partial charge is 0.204 e. The van der Waals surface area contributed by atoms with E-state index in [1.165, 1.54) is 0 Å². The van der Waals surface area contributed by atoms with Crippen molar-refractivity contribution in [1.82, 2.24) is 0 Å². The molecule has 5 heteroatoms. The highest BCUT2D eigenvalue weighted by atomic mass is 19.2. The van der Waals surface area contributed by atoms with Crippen LogP contribution < -0.4 is 0 Å². The molecule has 0 fully saturated rings. The minimum absolute atomic E-state index is 0.246. The van der Waals surface area contributed by atoms with Crippen LogP contribution in [0.5, 0.6) is 0 Å². The zero-order valence-corrected chi connectivity index (χ0v) is 5.85. The lowest BCUT2D eigenvalue weighted by molar-refractivity contribution is 0.441. The molecule has 0 bridgehead atoms. The first-order valence-corrected chi connectivity index (χ1v) is 3.08. The molecule has 1 aromatic rings. The minimum Gasteiger partial charge on any atom is -0.204 e. The second-order valence-electron chi connectivity index (χ2n) is 2.12. The topological polar surface area (TPSA) is 29.4 Å². The number of nitrogens with zero attached hydrogens (tertiary/aromatic N) is 1. The van der Waals surface area contributed by atoms with E-state index in [-0.39, 0.29) is 5.56 Å². The standard InChI is InChI=1S/C7H4F3NO/c8-5-2-1-4(3-11-12)6(9)7(5)10/h1-2H,3H2. The van der Waals surface area contributed by atoms with E-state index >= 15 is 0 Å². The zero-order chi connectivity index (χ0) is 9.14. The van der Waals surface area contributed by atoms with E-state index in [0.717, 1.165) is 12.1 Å². The highest BCUT2D eigenvalue weighted by Crippen LogP contribution is 2.15. The van der Waals surface area contributed by atoms with E-state index in [1.807, 2.05) is 0 Å². The molecular weight excluding hydrogens is 171 g/mol. The van der Waals surface area contributed by atoms with Gasteiger partial charge in [-0.25, -0.2) is 13.2 Å². The predicted molar refractivity (Wildman–Crippen MR) is 35.8 cm³/mol. The number of halogens is 3. The lowest BCUT2D eigenvalue weighted by Crippen LogP contribution is -1.95. The second-order valence-corrected chi connectivity index (χ2v) is 2.12. The average Bonchev–Trinajstić information content (AvgIpc) is 2.07. The van der Waals surface area contributed by atoms with Gasteiger partial charge < -0.3 is 0 Å². The Kier molecular flexibility index (Phi) is 2.42. The van der Waals surface area contributed by atoms with E-state index in [4.69, 9.17) is 0 Å². The van der Waals surface area contributed by atoms with Gasteiger partial charge in [-0.1, -0.05) is 11.2 Å². The molecule has 0 amide bonds. The third-order valence-electron chi connectivity index (χ3n) is 1.35. The predicted octanol–water partition coefficient (Wildman–Crippen LogP) is 2.37. The molecular formula is C7H4F3NO. The van der Waals surface area contributed by atoms with E-state index in [0.29, 0.717) is 0 Å². The van der Waals surface area contributed by atoms with Crippen LogP contribution in [-0.2, 0) is 6.54 Å². The molecule has 0 saturated carbocycles. The molecule has 1 rings (SSSR count). The Morgan fingerprint density at radius 3 is 2.42 bits per heavy atom. The molecule has 0 radical (unpaired) electrons. The Morgan fingerprint density at radius 1 is 1.17 bits per heavy atom. The minimum atomic E-state index is -1.57. The van der Waals surface area contributed by atoms with Gasteiger partial charge in [0.1, 0.15) is 6.54 Å². The molecule has 1 aromatic carbocycles. The summed E-state index contributed by atoms with van der Waals surface area (Å²) in [5.74, 6) is -4.20. The summed E-state index contributed by atoms with van der Waals surface area (Å²) in [4.78, 5) is 9.69. The smallest absolute Gasteiger partial charge is 0.194 e.